The molecule has 1 amide bonds. The third kappa shape index (κ3) is 5.45. The number of Topliss-reactive ketones (excluding diaryl/α,β-unsaturated/α-hetero) is 1. The Labute approximate surface area is 185 Å². The van der Waals surface area contributed by atoms with E-state index in [9.17, 15) is 30.0 Å². The number of carbonyl (C=O) groups excluding carboxylic acids is 2. The molecule has 3 rings (SSSR count). The van der Waals surface area contributed by atoms with Crippen molar-refractivity contribution in [3.63, 3.8) is 0 Å². The van der Waals surface area contributed by atoms with Crippen LogP contribution in [0.3, 0.4) is 0 Å². The second kappa shape index (κ2) is 10.4. The molecule has 0 spiro atoms. The van der Waals surface area contributed by atoms with Crippen LogP contribution in [-0.2, 0) is 19.1 Å². The first-order chi connectivity index (χ1) is 15.2. The highest BCUT2D eigenvalue weighted by molar-refractivity contribution is 5.97. The van der Waals surface area contributed by atoms with Gasteiger partial charge in [-0.3, -0.25) is 4.79 Å². The fourth-order valence-corrected chi connectivity index (χ4v) is 3.79. The van der Waals surface area contributed by atoms with Crippen molar-refractivity contribution in [1.82, 2.24) is 5.32 Å². The zero-order valence-electron chi connectivity index (χ0n) is 17.9. The molecule has 32 heavy (non-hydrogen) atoms. The van der Waals surface area contributed by atoms with Crippen molar-refractivity contribution < 1.29 is 44.2 Å². The molecule has 1 aliphatic heterocycles. The van der Waals surface area contributed by atoms with Crippen LogP contribution in [0.5, 0.6) is 11.5 Å². The minimum absolute atomic E-state index is 0.0683. The van der Waals surface area contributed by atoms with Gasteiger partial charge in [-0.1, -0.05) is 6.07 Å². The minimum atomic E-state index is -1.44. The third-order valence-electron chi connectivity index (χ3n) is 5.56. The van der Waals surface area contributed by atoms with Crippen molar-refractivity contribution in [3.05, 3.63) is 29.3 Å². The zero-order valence-corrected chi connectivity index (χ0v) is 17.9. The number of rotatable bonds is 8. The quantitative estimate of drug-likeness (QED) is 0.268. The van der Waals surface area contributed by atoms with Gasteiger partial charge in [0.1, 0.15) is 43.1 Å². The summed E-state index contributed by atoms with van der Waals surface area (Å²) in [4.78, 5) is 23.6. The van der Waals surface area contributed by atoms with Gasteiger partial charge in [0.05, 0.1) is 12.6 Å². The Balaban J connectivity index is 1.62. The topological polar surface area (TPSA) is 155 Å². The molecule has 176 valence electrons. The highest BCUT2D eigenvalue weighted by atomic mass is 16.7. The number of carbonyl (C=O) groups is 2. The number of fused-ring (bicyclic) bond motifs is 1. The Kier molecular flexibility index (Phi) is 7.86. The summed E-state index contributed by atoms with van der Waals surface area (Å²) >= 11 is 0. The number of nitrogens with one attached hydrogen (secondary N) is 1. The van der Waals surface area contributed by atoms with Gasteiger partial charge < -0.3 is 44.7 Å². The molecule has 1 saturated heterocycles. The molecule has 0 aromatic heterocycles. The van der Waals surface area contributed by atoms with Gasteiger partial charge in [-0.25, -0.2) is 0 Å². The van der Waals surface area contributed by atoms with Crippen molar-refractivity contribution in [3.8, 4) is 11.5 Å². The van der Waals surface area contributed by atoms with Crippen LogP contribution >= 0.6 is 0 Å². The van der Waals surface area contributed by atoms with Crippen LogP contribution in [0.1, 0.15) is 32.3 Å². The van der Waals surface area contributed by atoms with E-state index >= 15 is 0 Å². The summed E-state index contributed by atoms with van der Waals surface area (Å²) in [5.74, 6) is -0.343. The molecular formula is C22H29NO9. The van der Waals surface area contributed by atoms with E-state index in [4.69, 9.17) is 14.2 Å². The molecule has 2 fully saturated rings. The van der Waals surface area contributed by atoms with Crippen LogP contribution < -0.4 is 10.1 Å². The highest BCUT2D eigenvalue weighted by Gasteiger charge is 2.53. The Bertz CT molecular complexity index is 871. The SMILES string of the molecule is CC(=O)CCCOc1ccc(/C=C(\C)C(=O)N[C@@H]2[C@H](O)[C@@H](O)[C@H]3OCO[C@H]3[C@@H]2O)cc1O. The van der Waals surface area contributed by atoms with Crippen molar-refractivity contribution in [2.75, 3.05) is 13.4 Å². The maximum Gasteiger partial charge on any atom is 0.247 e. The maximum atomic E-state index is 12.6. The van der Waals surface area contributed by atoms with E-state index < -0.39 is 42.5 Å². The summed E-state index contributed by atoms with van der Waals surface area (Å²) in [5, 5.41) is 43.7. The van der Waals surface area contributed by atoms with Gasteiger partial charge >= 0.3 is 0 Å². The van der Waals surface area contributed by atoms with Gasteiger partial charge in [0.25, 0.3) is 0 Å². The summed E-state index contributed by atoms with van der Waals surface area (Å²) < 4.78 is 15.9. The Morgan fingerprint density at radius 3 is 2.47 bits per heavy atom. The fourth-order valence-electron chi connectivity index (χ4n) is 3.79. The fraction of sp³-hybridized carbons (Fsp3) is 0.545. The van der Waals surface area contributed by atoms with Crippen molar-refractivity contribution in [2.45, 2.75) is 63.3 Å². The van der Waals surface area contributed by atoms with Crippen LogP contribution in [0.25, 0.3) is 6.08 Å². The lowest BCUT2D eigenvalue weighted by Crippen LogP contribution is -2.67. The van der Waals surface area contributed by atoms with E-state index in [1.54, 1.807) is 12.1 Å². The van der Waals surface area contributed by atoms with Crippen molar-refractivity contribution >= 4 is 17.8 Å². The number of phenolic OH excluding ortho intramolecular Hbond substituents is 1. The van der Waals surface area contributed by atoms with Crippen LogP contribution in [0.2, 0.25) is 0 Å². The first-order valence-electron chi connectivity index (χ1n) is 10.4. The number of hydrogen-bond donors (Lipinski definition) is 5. The van der Waals surface area contributed by atoms with Crippen molar-refractivity contribution in [1.29, 1.82) is 0 Å². The van der Waals surface area contributed by atoms with E-state index in [1.165, 1.54) is 26.0 Å². The molecular weight excluding hydrogens is 422 g/mol. The molecule has 5 N–H and O–H groups in total. The summed E-state index contributed by atoms with van der Waals surface area (Å²) in [6.45, 7) is 3.21. The van der Waals surface area contributed by atoms with Crippen LogP contribution in [0.15, 0.2) is 23.8 Å². The zero-order chi connectivity index (χ0) is 23.4. The number of ketones is 1. The second-order valence-electron chi connectivity index (χ2n) is 8.06. The molecule has 1 heterocycles. The van der Waals surface area contributed by atoms with Gasteiger partial charge in [0.15, 0.2) is 11.5 Å². The van der Waals surface area contributed by atoms with E-state index in [2.05, 4.69) is 5.32 Å². The number of ether oxygens (including phenoxy) is 3. The summed E-state index contributed by atoms with van der Waals surface area (Å²) in [6, 6.07) is 3.49. The molecule has 0 radical (unpaired) electrons. The lowest BCUT2D eigenvalue weighted by atomic mass is 9.83. The molecule has 0 bridgehead atoms. The molecule has 1 saturated carbocycles. The summed E-state index contributed by atoms with van der Waals surface area (Å²) in [6.07, 6.45) is -3.28. The van der Waals surface area contributed by atoms with Gasteiger partial charge in [-0.15, -0.1) is 0 Å². The molecule has 1 aliphatic carbocycles. The highest BCUT2D eigenvalue weighted by Crippen LogP contribution is 2.30. The lowest BCUT2D eigenvalue weighted by molar-refractivity contribution is -0.155. The van der Waals surface area contributed by atoms with Crippen molar-refractivity contribution in [2.24, 2.45) is 0 Å². The molecule has 6 atom stereocenters. The molecule has 10 nitrogen and oxygen atoms in total. The van der Waals surface area contributed by atoms with E-state index in [0.29, 0.717) is 18.4 Å². The first kappa shape index (κ1) is 24.1. The molecule has 2 aliphatic rings. The van der Waals surface area contributed by atoms with Gasteiger partial charge in [-0.05, 0) is 44.0 Å². The monoisotopic (exact) mass is 451 g/mol. The van der Waals surface area contributed by atoms with Gasteiger partial charge in [0, 0.05) is 12.0 Å². The third-order valence-corrected chi connectivity index (χ3v) is 5.56. The Hall–Kier alpha value is -2.50. The standard InChI is InChI=1S/C22H29NO9/c1-11(8-13-5-6-15(14(25)9-13)30-7-3-4-12(2)24)22(29)23-16-17(26)19(28)21-20(18(16)27)31-10-32-21/h5-6,8-9,16-21,25-28H,3-4,7,10H2,1-2H3,(H,23,29)/b11-8+/t16-,17+,18-,19-,20+,21-/m1/s1. The number of aliphatic hydroxyl groups excluding tert-OH is 3. The average Bonchev–Trinajstić information content (AvgIpc) is 3.24. The van der Waals surface area contributed by atoms with Crippen LogP contribution in [0.4, 0.5) is 0 Å². The molecule has 0 unspecified atom stereocenters. The smallest absolute Gasteiger partial charge is 0.247 e. The van der Waals surface area contributed by atoms with E-state index in [1.807, 2.05) is 0 Å². The molecule has 10 heteroatoms. The number of phenols is 1. The predicted molar refractivity (Wildman–Crippen MR) is 112 cm³/mol. The number of aliphatic hydroxyl groups is 3. The molecule has 1 aromatic carbocycles. The van der Waals surface area contributed by atoms with Gasteiger partial charge in [0.2, 0.25) is 5.91 Å². The number of benzene rings is 1. The van der Waals surface area contributed by atoms with E-state index in [0.717, 1.165) is 0 Å². The lowest BCUT2D eigenvalue weighted by Gasteiger charge is -2.41. The van der Waals surface area contributed by atoms with Gasteiger partial charge in [-0.2, -0.15) is 0 Å². The minimum Gasteiger partial charge on any atom is -0.504 e. The number of aromatic hydroxyl groups is 1. The average molecular weight is 451 g/mol. The summed E-state index contributed by atoms with van der Waals surface area (Å²) in [5.41, 5.74) is 0.780. The Morgan fingerprint density at radius 1 is 1.12 bits per heavy atom. The predicted octanol–water partition coefficient (Wildman–Crippen LogP) is -0.134. The first-order valence-corrected chi connectivity index (χ1v) is 10.4. The number of amides is 1. The van der Waals surface area contributed by atoms with E-state index in [-0.39, 0.29) is 36.3 Å². The molecule has 1 aromatic rings. The van der Waals surface area contributed by atoms with Crippen LogP contribution in [-0.4, -0.2) is 82.1 Å². The number of hydrogen-bond acceptors (Lipinski definition) is 9. The maximum absolute atomic E-state index is 12.6. The largest absolute Gasteiger partial charge is 0.504 e. The second-order valence-corrected chi connectivity index (χ2v) is 8.06. The Morgan fingerprint density at radius 2 is 1.81 bits per heavy atom. The van der Waals surface area contributed by atoms with Crippen LogP contribution in [0, 0.1) is 0 Å². The summed E-state index contributed by atoms with van der Waals surface area (Å²) in [7, 11) is 0. The normalized spacial score (nSPS) is 30.0.